The summed E-state index contributed by atoms with van der Waals surface area (Å²) in [6.07, 6.45) is 2.94. The molecule has 8 heteroatoms. The zero-order chi connectivity index (χ0) is 18.7. The fourth-order valence-corrected chi connectivity index (χ4v) is 5.32. The van der Waals surface area contributed by atoms with Crippen LogP contribution in [0.4, 0.5) is 0 Å². The van der Waals surface area contributed by atoms with Gasteiger partial charge in [-0.05, 0) is 44.2 Å². The molecule has 2 fully saturated rings. The first kappa shape index (κ1) is 18.8. The van der Waals surface area contributed by atoms with Crippen LogP contribution in [0.15, 0.2) is 35.2 Å². The first-order valence-electron chi connectivity index (χ1n) is 8.96. The van der Waals surface area contributed by atoms with Crippen LogP contribution in [0.1, 0.15) is 32.1 Å². The predicted octanol–water partition coefficient (Wildman–Crippen LogP) is 1.46. The Balaban J connectivity index is 1.62. The molecule has 1 saturated carbocycles. The van der Waals surface area contributed by atoms with Gasteiger partial charge >= 0.3 is 5.97 Å². The molecule has 3 rings (SSSR count). The molecule has 7 nitrogen and oxygen atoms in total. The van der Waals surface area contributed by atoms with E-state index in [2.05, 4.69) is 5.32 Å². The van der Waals surface area contributed by atoms with Gasteiger partial charge < -0.3 is 10.4 Å². The molecule has 0 spiro atoms. The number of hydrogen-bond acceptors (Lipinski definition) is 4. The largest absolute Gasteiger partial charge is 0.481 e. The molecule has 0 radical (unpaired) electrons. The van der Waals surface area contributed by atoms with Gasteiger partial charge in [0, 0.05) is 19.1 Å². The van der Waals surface area contributed by atoms with Gasteiger partial charge in [0.05, 0.1) is 16.7 Å². The van der Waals surface area contributed by atoms with Crippen molar-refractivity contribution in [2.24, 2.45) is 11.8 Å². The van der Waals surface area contributed by atoms with E-state index in [0.29, 0.717) is 38.6 Å². The highest BCUT2D eigenvalue weighted by atomic mass is 32.2. The molecule has 1 aromatic carbocycles. The third-order valence-electron chi connectivity index (χ3n) is 5.26. The number of carboxylic acid groups (broad SMARTS) is 1. The van der Waals surface area contributed by atoms with Crippen LogP contribution in [0.2, 0.25) is 0 Å². The summed E-state index contributed by atoms with van der Waals surface area (Å²) in [5, 5.41) is 12.0. The van der Waals surface area contributed by atoms with E-state index in [4.69, 9.17) is 5.11 Å². The number of amides is 1. The first-order valence-corrected chi connectivity index (χ1v) is 10.4. The van der Waals surface area contributed by atoms with Crippen molar-refractivity contribution in [2.45, 2.75) is 43.0 Å². The minimum atomic E-state index is -3.60. The molecule has 1 amide bonds. The number of carbonyl (C=O) groups is 2. The zero-order valence-corrected chi connectivity index (χ0v) is 15.3. The Morgan fingerprint density at radius 3 is 2.46 bits per heavy atom. The normalized spacial score (nSPS) is 27.2. The van der Waals surface area contributed by atoms with Crippen LogP contribution in [-0.2, 0) is 19.6 Å². The fourth-order valence-electron chi connectivity index (χ4n) is 3.77. The quantitative estimate of drug-likeness (QED) is 0.805. The number of rotatable bonds is 5. The van der Waals surface area contributed by atoms with Gasteiger partial charge in [-0.1, -0.05) is 18.2 Å². The third kappa shape index (κ3) is 4.07. The number of aliphatic carboxylic acids is 1. The third-order valence-corrected chi connectivity index (χ3v) is 7.14. The maximum Gasteiger partial charge on any atom is 0.306 e. The van der Waals surface area contributed by atoms with Crippen LogP contribution in [0.5, 0.6) is 0 Å². The van der Waals surface area contributed by atoms with Gasteiger partial charge in [-0.25, -0.2) is 8.42 Å². The molecule has 2 aliphatic rings. The number of nitrogens with zero attached hydrogens (tertiary/aromatic N) is 1. The van der Waals surface area contributed by atoms with Crippen molar-refractivity contribution in [3.05, 3.63) is 30.3 Å². The molecule has 1 aliphatic carbocycles. The molecule has 142 valence electrons. The molecule has 1 aromatic rings. The van der Waals surface area contributed by atoms with Crippen molar-refractivity contribution in [2.75, 3.05) is 13.1 Å². The van der Waals surface area contributed by atoms with Crippen molar-refractivity contribution < 1.29 is 23.1 Å². The number of benzene rings is 1. The number of carbonyl (C=O) groups excluding carboxylic acids is 1. The van der Waals surface area contributed by atoms with Crippen LogP contribution < -0.4 is 5.32 Å². The van der Waals surface area contributed by atoms with E-state index in [9.17, 15) is 18.0 Å². The van der Waals surface area contributed by atoms with Crippen LogP contribution in [0.3, 0.4) is 0 Å². The highest BCUT2D eigenvalue weighted by Gasteiger charge is 2.36. The number of sulfonamides is 1. The Bertz CT molecular complexity index is 765. The molecular formula is C18H24N2O5S. The van der Waals surface area contributed by atoms with E-state index in [1.807, 2.05) is 0 Å². The standard InChI is InChI=1S/C18H24N2O5S/c21-17(19-15-9-8-13(11-15)18(22)23)14-5-4-10-20(12-14)26(24,25)16-6-2-1-3-7-16/h1-3,6-7,13-15H,4-5,8-12H2,(H,19,21)(H,22,23)/t13-,14?,15+/m0/s1. The molecule has 26 heavy (non-hydrogen) atoms. The fraction of sp³-hybridized carbons (Fsp3) is 0.556. The monoisotopic (exact) mass is 380 g/mol. The summed E-state index contributed by atoms with van der Waals surface area (Å²) in [5.74, 6) is -1.79. The number of piperidine rings is 1. The smallest absolute Gasteiger partial charge is 0.306 e. The maximum absolute atomic E-state index is 12.7. The minimum Gasteiger partial charge on any atom is -0.481 e. The average Bonchev–Trinajstić information content (AvgIpc) is 3.11. The zero-order valence-electron chi connectivity index (χ0n) is 14.5. The topological polar surface area (TPSA) is 104 Å². The van der Waals surface area contributed by atoms with E-state index in [-0.39, 0.29) is 23.4 Å². The lowest BCUT2D eigenvalue weighted by atomic mass is 9.98. The van der Waals surface area contributed by atoms with Gasteiger partial charge in [-0.15, -0.1) is 0 Å². The summed E-state index contributed by atoms with van der Waals surface area (Å²) in [5.41, 5.74) is 0. The summed E-state index contributed by atoms with van der Waals surface area (Å²) >= 11 is 0. The Labute approximate surface area is 153 Å². The minimum absolute atomic E-state index is 0.135. The summed E-state index contributed by atoms with van der Waals surface area (Å²) in [4.78, 5) is 23.8. The van der Waals surface area contributed by atoms with E-state index in [0.717, 1.165) is 0 Å². The number of nitrogens with one attached hydrogen (secondary N) is 1. The Hall–Kier alpha value is -1.93. The van der Waals surface area contributed by atoms with Crippen LogP contribution >= 0.6 is 0 Å². The van der Waals surface area contributed by atoms with Crippen molar-refractivity contribution in [3.63, 3.8) is 0 Å². The lowest BCUT2D eigenvalue weighted by molar-refractivity contribution is -0.141. The van der Waals surface area contributed by atoms with Crippen molar-refractivity contribution in [3.8, 4) is 0 Å². The molecule has 3 atom stereocenters. The van der Waals surface area contributed by atoms with Crippen LogP contribution in [-0.4, -0.2) is 48.8 Å². The van der Waals surface area contributed by atoms with Crippen LogP contribution in [0, 0.1) is 11.8 Å². The van der Waals surface area contributed by atoms with E-state index >= 15 is 0 Å². The summed E-state index contributed by atoms with van der Waals surface area (Å²) in [7, 11) is -3.60. The van der Waals surface area contributed by atoms with Crippen molar-refractivity contribution in [1.82, 2.24) is 9.62 Å². The number of carboxylic acids is 1. The first-order chi connectivity index (χ1) is 12.4. The Kier molecular flexibility index (Phi) is 5.62. The highest BCUT2D eigenvalue weighted by molar-refractivity contribution is 7.89. The van der Waals surface area contributed by atoms with Gasteiger partial charge in [0.25, 0.3) is 0 Å². The van der Waals surface area contributed by atoms with Crippen molar-refractivity contribution in [1.29, 1.82) is 0 Å². The lowest BCUT2D eigenvalue weighted by Crippen LogP contribution is -2.47. The molecule has 0 bridgehead atoms. The highest BCUT2D eigenvalue weighted by Crippen LogP contribution is 2.27. The van der Waals surface area contributed by atoms with E-state index in [1.54, 1.807) is 30.3 Å². The molecule has 0 aromatic heterocycles. The second-order valence-electron chi connectivity index (χ2n) is 7.07. The molecule has 2 N–H and O–H groups in total. The lowest BCUT2D eigenvalue weighted by Gasteiger charge is -2.31. The second kappa shape index (κ2) is 7.75. The van der Waals surface area contributed by atoms with Crippen molar-refractivity contribution >= 4 is 21.9 Å². The molecule has 1 saturated heterocycles. The van der Waals surface area contributed by atoms with Crippen LogP contribution in [0.25, 0.3) is 0 Å². The van der Waals surface area contributed by atoms with Gasteiger partial charge in [-0.3, -0.25) is 9.59 Å². The summed E-state index contributed by atoms with van der Waals surface area (Å²) in [6, 6.07) is 8.11. The summed E-state index contributed by atoms with van der Waals surface area (Å²) < 4.78 is 26.9. The van der Waals surface area contributed by atoms with Gasteiger partial charge in [0.15, 0.2) is 0 Å². The SMILES string of the molecule is O=C(N[C@@H]1CC[C@H](C(=O)O)C1)C1CCCN(S(=O)(=O)c2ccccc2)C1. The Morgan fingerprint density at radius 2 is 1.81 bits per heavy atom. The molecule has 1 heterocycles. The van der Waals surface area contributed by atoms with Gasteiger partial charge in [-0.2, -0.15) is 4.31 Å². The number of hydrogen-bond donors (Lipinski definition) is 2. The van der Waals surface area contributed by atoms with Gasteiger partial charge in [0.2, 0.25) is 15.9 Å². The van der Waals surface area contributed by atoms with E-state index in [1.165, 1.54) is 4.31 Å². The average molecular weight is 380 g/mol. The Morgan fingerprint density at radius 1 is 1.08 bits per heavy atom. The second-order valence-corrected chi connectivity index (χ2v) is 9.01. The van der Waals surface area contributed by atoms with Gasteiger partial charge in [0.1, 0.15) is 0 Å². The predicted molar refractivity (Wildman–Crippen MR) is 94.8 cm³/mol. The molecule has 1 aliphatic heterocycles. The van der Waals surface area contributed by atoms with E-state index < -0.39 is 27.8 Å². The molecule has 1 unspecified atom stereocenters. The maximum atomic E-state index is 12.7. The summed E-state index contributed by atoms with van der Waals surface area (Å²) in [6.45, 7) is 0.573. The molecular weight excluding hydrogens is 356 g/mol.